The molecule has 0 saturated carbocycles. The van der Waals surface area contributed by atoms with Gasteiger partial charge in [0.1, 0.15) is 0 Å². The van der Waals surface area contributed by atoms with Crippen molar-refractivity contribution in [3.63, 3.8) is 0 Å². The van der Waals surface area contributed by atoms with Gasteiger partial charge in [0.15, 0.2) is 0 Å². The van der Waals surface area contributed by atoms with Gasteiger partial charge in [-0.25, -0.2) is 0 Å². The first-order chi connectivity index (χ1) is 4.62. The molecule has 0 unspecified atom stereocenters. The monoisotopic (exact) mass is 179 g/mol. The van der Waals surface area contributed by atoms with Gasteiger partial charge in [0.05, 0.1) is 12.4 Å². The molecular weight excluding hydrogens is 166 g/mol. The average Bonchev–Trinajstić information content (AvgIpc) is 1.84. The number of hydrogen-bond acceptors (Lipinski definition) is 4. The van der Waals surface area contributed by atoms with Crippen LogP contribution in [0.5, 0.6) is 0 Å². The predicted octanol–water partition coefficient (Wildman–Crippen LogP) is 0.867. The second-order valence-electron chi connectivity index (χ2n) is 1.59. The fourth-order valence-corrected chi connectivity index (χ4v) is 1.03. The molecule has 11 heavy (non-hydrogen) atoms. The molecule has 0 amide bonds. The molecule has 5 heteroatoms. The molecule has 0 aliphatic heterocycles. The molecule has 0 aromatic heterocycles. The van der Waals surface area contributed by atoms with Gasteiger partial charge in [-0.3, -0.25) is 4.18 Å². The minimum absolute atomic E-state index is 0. The van der Waals surface area contributed by atoms with E-state index in [1.54, 1.807) is 0 Å². The zero-order valence-electron chi connectivity index (χ0n) is 6.32. The van der Waals surface area contributed by atoms with E-state index < -0.39 is 10.1 Å². The van der Waals surface area contributed by atoms with Crippen LogP contribution in [0.3, 0.4) is 0 Å². The second-order valence-corrected chi connectivity index (χ2v) is 3.27. The van der Waals surface area contributed by atoms with Crippen molar-refractivity contribution in [1.29, 1.82) is 0 Å². The predicted molar refractivity (Wildman–Crippen MR) is 45.2 cm³/mol. The van der Waals surface area contributed by atoms with E-state index in [-0.39, 0.29) is 18.5 Å². The van der Waals surface area contributed by atoms with E-state index in [2.05, 4.69) is 17.3 Å². The summed E-state index contributed by atoms with van der Waals surface area (Å²) in [6, 6.07) is 0. The van der Waals surface area contributed by atoms with Gasteiger partial charge in [0.25, 0.3) is 10.1 Å². The average molecular weight is 179 g/mol. The molecule has 0 atom stereocenters. The fourth-order valence-electron chi connectivity index (χ4n) is 0.344. The van der Waals surface area contributed by atoms with Crippen molar-refractivity contribution < 1.29 is 12.6 Å². The highest BCUT2D eigenvalue weighted by atomic mass is 32.2. The zero-order valence-corrected chi connectivity index (χ0v) is 7.14. The lowest BCUT2D eigenvalue weighted by Gasteiger charge is -1.97. The Morgan fingerprint density at radius 3 is 2.18 bits per heavy atom. The van der Waals surface area contributed by atoms with Crippen molar-refractivity contribution in [3.8, 4) is 0 Å². The lowest BCUT2D eigenvalue weighted by atomic mass is 10.7. The third-order valence-electron chi connectivity index (χ3n) is 0.687. The molecular formula is C6H13NO3S. The Balaban J connectivity index is 0. The lowest BCUT2D eigenvalue weighted by molar-refractivity contribution is 0.359. The van der Waals surface area contributed by atoms with Gasteiger partial charge in [-0.05, 0) is 0 Å². The van der Waals surface area contributed by atoms with Crippen LogP contribution in [0.1, 0.15) is 0 Å². The molecule has 66 valence electrons. The second kappa shape index (κ2) is 6.09. The molecule has 0 aromatic carbocycles. The Hall–Kier alpha value is -0.650. The van der Waals surface area contributed by atoms with Crippen molar-refractivity contribution in [3.05, 3.63) is 25.3 Å². The molecule has 0 rings (SSSR count). The highest BCUT2D eigenvalue weighted by Crippen LogP contribution is 1.92. The third kappa shape index (κ3) is 7.24. The molecule has 0 aromatic rings. The minimum Gasteiger partial charge on any atom is -0.344 e. The van der Waals surface area contributed by atoms with E-state index in [9.17, 15) is 8.42 Å². The van der Waals surface area contributed by atoms with Crippen molar-refractivity contribution in [2.45, 2.75) is 0 Å². The van der Waals surface area contributed by atoms with Crippen LogP contribution >= 0.6 is 0 Å². The normalized spacial score (nSPS) is 9.82. The quantitative estimate of drug-likeness (QED) is 0.501. The molecule has 0 aliphatic carbocycles. The summed E-state index contributed by atoms with van der Waals surface area (Å²) < 4.78 is 25.7. The van der Waals surface area contributed by atoms with Gasteiger partial charge in [0.2, 0.25) is 0 Å². The van der Waals surface area contributed by atoms with E-state index in [0.29, 0.717) is 0 Å². The highest BCUT2D eigenvalue weighted by molar-refractivity contribution is 7.86. The first-order valence-electron chi connectivity index (χ1n) is 2.71. The maximum absolute atomic E-state index is 10.6. The molecule has 0 heterocycles. The molecule has 0 fully saturated rings. The Kier molecular flexibility index (Phi) is 7.18. The van der Waals surface area contributed by atoms with Gasteiger partial charge >= 0.3 is 0 Å². The molecule has 0 spiro atoms. The Morgan fingerprint density at radius 1 is 1.27 bits per heavy atom. The number of rotatable bonds is 5. The van der Waals surface area contributed by atoms with Gasteiger partial charge in [-0.1, -0.05) is 12.2 Å². The van der Waals surface area contributed by atoms with Crippen LogP contribution in [0.4, 0.5) is 0 Å². The topological polar surface area (TPSA) is 78.4 Å². The summed E-state index contributed by atoms with van der Waals surface area (Å²) in [6.07, 6.45) is 2.65. The zero-order chi connectivity index (χ0) is 8.04. The third-order valence-corrected chi connectivity index (χ3v) is 1.83. The summed E-state index contributed by atoms with van der Waals surface area (Å²) in [7, 11) is -3.38. The van der Waals surface area contributed by atoms with Crippen LogP contribution < -0.4 is 6.15 Å². The van der Waals surface area contributed by atoms with E-state index in [0.717, 1.165) is 0 Å². The summed E-state index contributed by atoms with van der Waals surface area (Å²) in [5, 5.41) is 0. The lowest BCUT2D eigenvalue weighted by Crippen LogP contribution is -2.08. The largest absolute Gasteiger partial charge is 0.344 e. The van der Waals surface area contributed by atoms with Crippen molar-refractivity contribution in [2.75, 3.05) is 12.4 Å². The Bertz CT molecular complexity index is 208. The number of hydrogen-bond donors (Lipinski definition) is 1. The van der Waals surface area contributed by atoms with Gasteiger partial charge in [0, 0.05) is 0 Å². The van der Waals surface area contributed by atoms with Gasteiger partial charge in [-0.15, -0.1) is 13.2 Å². The summed E-state index contributed by atoms with van der Waals surface area (Å²) in [6.45, 7) is 6.60. The molecule has 3 N–H and O–H groups in total. The van der Waals surface area contributed by atoms with E-state index in [1.165, 1.54) is 12.2 Å². The van der Waals surface area contributed by atoms with Crippen LogP contribution in [-0.4, -0.2) is 20.8 Å². The van der Waals surface area contributed by atoms with Crippen molar-refractivity contribution in [2.24, 2.45) is 0 Å². The fraction of sp³-hybridized carbons (Fsp3) is 0.333. The van der Waals surface area contributed by atoms with Crippen molar-refractivity contribution >= 4 is 10.1 Å². The van der Waals surface area contributed by atoms with Gasteiger partial charge < -0.3 is 6.15 Å². The minimum atomic E-state index is -3.38. The van der Waals surface area contributed by atoms with Crippen LogP contribution in [0, 0.1) is 0 Å². The summed E-state index contributed by atoms with van der Waals surface area (Å²) in [5.41, 5.74) is 0. The van der Waals surface area contributed by atoms with Crippen LogP contribution in [-0.2, 0) is 14.3 Å². The first-order valence-corrected chi connectivity index (χ1v) is 4.29. The molecule has 4 nitrogen and oxygen atoms in total. The van der Waals surface area contributed by atoms with Crippen LogP contribution in [0.2, 0.25) is 0 Å². The Morgan fingerprint density at radius 2 is 1.82 bits per heavy atom. The maximum Gasteiger partial charge on any atom is 0.271 e. The summed E-state index contributed by atoms with van der Waals surface area (Å²) >= 11 is 0. The standard InChI is InChI=1S/C6H10O3S.H3N/c1-3-5-9-10(7,8)6-4-2;/h3-4H,1-2,5-6H2;1H3. The van der Waals surface area contributed by atoms with Crippen molar-refractivity contribution in [1.82, 2.24) is 6.15 Å². The van der Waals surface area contributed by atoms with E-state index in [4.69, 9.17) is 0 Å². The maximum atomic E-state index is 10.6. The SMILES string of the molecule is C=CCOS(=O)(=O)CC=C.N. The van der Waals surface area contributed by atoms with Crippen LogP contribution in [0.25, 0.3) is 0 Å². The summed E-state index contributed by atoms with van der Waals surface area (Å²) in [5.74, 6) is -0.152. The molecule has 0 bridgehead atoms. The molecule has 0 radical (unpaired) electrons. The summed E-state index contributed by atoms with van der Waals surface area (Å²) in [4.78, 5) is 0. The molecule has 0 saturated heterocycles. The van der Waals surface area contributed by atoms with Gasteiger partial charge in [-0.2, -0.15) is 8.42 Å². The molecule has 0 aliphatic rings. The van der Waals surface area contributed by atoms with Crippen LogP contribution in [0.15, 0.2) is 25.3 Å². The van der Waals surface area contributed by atoms with E-state index >= 15 is 0 Å². The smallest absolute Gasteiger partial charge is 0.271 e. The van der Waals surface area contributed by atoms with E-state index in [1.807, 2.05) is 0 Å². The highest BCUT2D eigenvalue weighted by Gasteiger charge is 2.05. The first kappa shape index (κ1) is 13.0. The Labute approximate surface area is 67.3 Å².